The number of rotatable bonds is 7. The van der Waals surface area contributed by atoms with Gasteiger partial charge in [-0.1, -0.05) is 6.07 Å². The van der Waals surface area contributed by atoms with E-state index in [0.717, 1.165) is 12.1 Å². The van der Waals surface area contributed by atoms with E-state index in [0.29, 0.717) is 5.56 Å². The SMILES string of the molecule is COc1cn(Cc2cc(F)c(F)c(F)c2)c(Nc2cc(OCC(F)(F)F)ccc2C)nc1=O. The van der Waals surface area contributed by atoms with Crippen molar-refractivity contribution in [2.24, 2.45) is 0 Å². The van der Waals surface area contributed by atoms with Crippen LogP contribution in [0.5, 0.6) is 11.5 Å². The molecule has 0 bridgehead atoms. The molecule has 0 spiro atoms. The van der Waals surface area contributed by atoms with Crippen LogP contribution in [0.1, 0.15) is 11.1 Å². The number of nitrogens with zero attached hydrogens (tertiary/aromatic N) is 2. The van der Waals surface area contributed by atoms with Crippen LogP contribution in [-0.4, -0.2) is 29.4 Å². The van der Waals surface area contributed by atoms with Crippen LogP contribution in [-0.2, 0) is 6.54 Å². The minimum atomic E-state index is -4.53. The fraction of sp³-hybridized carbons (Fsp3) is 0.238. The third kappa shape index (κ3) is 5.96. The van der Waals surface area contributed by atoms with E-state index in [-0.39, 0.29) is 35.2 Å². The summed E-state index contributed by atoms with van der Waals surface area (Å²) in [6.07, 6.45) is -3.31. The minimum absolute atomic E-state index is 0.0148. The molecule has 1 heterocycles. The highest BCUT2D eigenvalue weighted by Gasteiger charge is 2.28. The Morgan fingerprint density at radius 1 is 1.09 bits per heavy atom. The van der Waals surface area contributed by atoms with Gasteiger partial charge in [-0.3, -0.25) is 4.79 Å². The number of nitrogens with one attached hydrogen (secondary N) is 1. The van der Waals surface area contributed by atoms with Gasteiger partial charge in [-0.25, -0.2) is 13.2 Å². The highest BCUT2D eigenvalue weighted by molar-refractivity contribution is 5.61. The van der Waals surface area contributed by atoms with Crippen LogP contribution in [0.2, 0.25) is 0 Å². The van der Waals surface area contributed by atoms with Crippen LogP contribution in [0.15, 0.2) is 41.3 Å². The van der Waals surface area contributed by atoms with Gasteiger partial charge in [-0.05, 0) is 36.2 Å². The highest BCUT2D eigenvalue weighted by atomic mass is 19.4. The molecule has 1 aromatic heterocycles. The summed E-state index contributed by atoms with van der Waals surface area (Å²) in [4.78, 5) is 16.0. The van der Waals surface area contributed by atoms with E-state index < -0.39 is 35.8 Å². The van der Waals surface area contributed by atoms with Gasteiger partial charge in [0.2, 0.25) is 11.7 Å². The normalized spacial score (nSPS) is 11.4. The third-order valence-electron chi connectivity index (χ3n) is 4.44. The zero-order valence-electron chi connectivity index (χ0n) is 17.3. The van der Waals surface area contributed by atoms with Crippen LogP contribution in [0.25, 0.3) is 0 Å². The number of anilines is 2. The first-order chi connectivity index (χ1) is 15.5. The van der Waals surface area contributed by atoms with Gasteiger partial charge in [0.1, 0.15) is 5.75 Å². The van der Waals surface area contributed by atoms with E-state index in [9.17, 15) is 31.1 Å². The van der Waals surface area contributed by atoms with Gasteiger partial charge in [0, 0.05) is 11.8 Å². The smallest absolute Gasteiger partial charge is 0.422 e. The van der Waals surface area contributed by atoms with E-state index in [1.165, 1.54) is 36.1 Å². The standard InChI is InChI=1S/C21H17F6N3O3/c1-11-3-4-13(33-10-21(25,26)27)7-16(11)28-20-29-19(31)17(32-2)9-30(20)8-12-5-14(22)18(24)15(23)6-12/h3-7,9H,8,10H2,1-2H3,(H,28,29,31). The second-order valence-corrected chi connectivity index (χ2v) is 6.94. The first-order valence-corrected chi connectivity index (χ1v) is 9.33. The van der Waals surface area contributed by atoms with E-state index in [1.54, 1.807) is 6.92 Å². The largest absolute Gasteiger partial charge is 0.490 e. The molecule has 0 aliphatic rings. The van der Waals surface area contributed by atoms with Crippen molar-refractivity contribution in [3.05, 3.63) is 75.5 Å². The number of ether oxygens (including phenoxy) is 2. The van der Waals surface area contributed by atoms with Crippen LogP contribution in [0.4, 0.5) is 38.0 Å². The molecule has 3 aromatic rings. The number of aromatic nitrogens is 2. The average Bonchev–Trinajstić information content (AvgIpc) is 2.73. The zero-order valence-corrected chi connectivity index (χ0v) is 17.3. The van der Waals surface area contributed by atoms with Crippen molar-refractivity contribution in [3.8, 4) is 11.5 Å². The number of hydrogen-bond donors (Lipinski definition) is 1. The molecule has 33 heavy (non-hydrogen) atoms. The lowest BCUT2D eigenvalue weighted by Crippen LogP contribution is -2.20. The van der Waals surface area contributed by atoms with Gasteiger partial charge in [0.15, 0.2) is 24.1 Å². The lowest BCUT2D eigenvalue weighted by Gasteiger charge is -2.17. The summed E-state index contributed by atoms with van der Waals surface area (Å²) in [6.45, 7) is -0.0985. The number of methoxy groups -OCH3 is 1. The van der Waals surface area contributed by atoms with Crippen molar-refractivity contribution in [2.75, 3.05) is 19.0 Å². The summed E-state index contributed by atoms with van der Waals surface area (Å²) < 4.78 is 88.8. The topological polar surface area (TPSA) is 65.4 Å². The molecular weight excluding hydrogens is 456 g/mol. The first kappa shape index (κ1) is 24.0. The van der Waals surface area contributed by atoms with Crippen molar-refractivity contribution in [3.63, 3.8) is 0 Å². The Morgan fingerprint density at radius 3 is 2.36 bits per heavy atom. The van der Waals surface area contributed by atoms with Crippen molar-refractivity contribution in [2.45, 2.75) is 19.6 Å². The summed E-state index contributed by atoms with van der Waals surface area (Å²) in [5, 5.41) is 2.80. The van der Waals surface area contributed by atoms with Gasteiger partial charge in [0.05, 0.1) is 19.9 Å². The lowest BCUT2D eigenvalue weighted by atomic mass is 10.2. The van der Waals surface area contributed by atoms with Gasteiger partial charge in [0.25, 0.3) is 0 Å². The van der Waals surface area contributed by atoms with E-state index >= 15 is 0 Å². The highest BCUT2D eigenvalue weighted by Crippen LogP contribution is 2.27. The van der Waals surface area contributed by atoms with E-state index in [2.05, 4.69) is 10.3 Å². The maximum atomic E-state index is 13.6. The van der Waals surface area contributed by atoms with E-state index in [1.807, 2.05) is 0 Å². The second kappa shape index (κ2) is 9.43. The Bertz CT molecular complexity index is 1200. The molecular formula is C21H17F6N3O3. The van der Waals surface area contributed by atoms with Crippen LogP contribution < -0.4 is 20.3 Å². The molecule has 176 valence electrons. The zero-order chi connectivity index (χ0) is 24.3. The first-order valence-electron chi connectivity index (χ1n) is 9.33. The minimum Gasteiger partial charge on any atom is -0.490 e. The maximum absolute atomic E-state index is 13.6. The van der Waals surface area contributed by atoms with Crippen LogP contribution in [0.3, 0.4) is 0 Å². The second-order valence-electron chi connectivity index (χ2n) is 6.94. The predicted molar refractivity (Wildman–Crippen MR) is 106 cm³/mol. The molecule has 0 atom stereocenters. The fourth-order valence-electron chi connectivity index (χ4n) is 2.84. The summed E-state index contributed by atoms with van der Waals surface area (Å²) in [5.41, 5.74) is 0.0811. The van der Waals surface area contributed by atoms with Gasteiger partial charge in [-0.15, -0.1) is 0 Å². The van der Waals surface area contributed by atoms with Crippen LogP contribution >= 0.6 is 0 Å². The summed E-state index contributed by atoms with van der Waals surface area (Å²) >= 11 is 0. The molecule has 6 nitrogen and oxygen atoms in total. The fourth-order valence-corrected chi connectivity index (χ4v) is 2.84. The Morgan fingerprint density at radius 2 is 1.76 bits per heavy atom. The number of hydrogen-bond acceptors (Lipinski definition) is 5. The molecule has 0 aliphatic carbocycles. The maximum Gasteiger partial charge on any atom is 0.422 e. The average molecular weight is 473 g/mol. The molecule has 0 radical (unpaired) electrons. The summed E-state index contributed by atoms with van der Waals surface area (Å²) in [7, 11) is 1.22. The molecule has 0 unspecified atom stereocenters. The van der Waals surface area contributed by atoms with Gasteiger partial charge in [-0.2, -0.15) is 18.2 Å². The van der Waals surface area contributed by atoms with Crippen molar-refractivity contribution in [1.29, 1.82) is 0 Å². The number of halogens is 6. The Labute approximate surface area is 183 Å². The molecule has 12 heteroatoms. The quantitative estimate of drug-likeness (QED) is 0.398. The third-order valence-corrected chi connectivity index (χ3v) is 4.44. The molecule has 0 amide bonds. The number of aryl methyl sites for hydroxylation is 1. The van der Waals surface area contributed by atoms with Gasteiger partial charge >= 0.3 is 11.7 Å². The summed E-state index contributed by atoms with van der Waals surface area (Å²) in [6, 6.07) is 5.67. The monoisotopic (exact) mass is 473 g/mol. The molecule has 0 fully saturated rings. The molecule has 1 N–H and O–H groups in total. The van der Waals surface area contributed by atoms with Gasteiger partial charge < -0.3 is 19.4 Å². The molecule has 3 rings (SSSR count). The van der Waals surface area contributed by atoms with Crippen molar-refractivity contribution in [1.82, 2.24) is 9.55 Å². The predicted octanol–water partition coefficient (Wildman–Crippen LogP) is 4.71. The Kier molecular flexibility index (Phi) is 6.84. The van der Waals surface area contributed by atoms with Crippen molar-refractivity contribution < 1.29 is 35.8 Å². The molecule has 0 saturated heterocycles. The number of alkyl halides is 3. The molecule has 2 aromatic carbocycles. The number of benzene rings is 2. The molecule has 0 saturated carbocycles. The Hall–Kier alpha value is -3.70. The van der Waals surface area contributed by atoms with Crippen molar-refractivity contribution >= 4 is 11.6 Å². The Balaban J connectivity index is 1.98. The van der Waals surface area contributed by atoms with E-state index in [4.69, 9.17) is 9.47 Å². The molecule has 0 aliphatic heterocycles. The van der Waals surface area contributed by atoms with Crippen LogP contribution in [0, 0.1) is 24.4 Å². The lowest BCUT2D eigenvalue weighted by molar-refractivity contribution is -0.153. The summed E-state index contributed by atoms with van der Waals surface area (Å²) in [5.74, 6) is -4.80.